The number of hydrogen-bond acceptors (Lipinski definition) is 6. The van der Waals surface area contributed by atoms with Crippen LogP contribution in [-0.2, 0) is 9.53 Å². The van der Waals surface area contributed by atoms with Crippen LogP contribution in [-0.4, -0.2) is 24.8 Å². The van der Waals surface area contributed by atoms with Gasteiger partial charge in [-0.05, 0) is 29.1 Å². The van der Waals surface area contributed by atoms with E-state index in [4.69, 9.17) is 14.2 Å². The third-order valence-corrected chi connectivity index (χ3v) is 5.13. The Morgan fingerprint density at radius 2 is 1.89 bits per heavy atom. The normalized spacial score (nSPS) is 20.3. The van der Waals surface area contributed by atoms with Gasteiger partial charge in [-0.1, -0.05) is 6.07 Å². The van der Waals surface area contributed by atoms with E-state index in [2.05, 4.69) is 0 Å². The van der Waals surface area contributed by atoms with Crippen LogP contribution in [0.1, 0.15) is 39.4 Å². The molecule has 1 N–H and O–H groups in total. The minimum absolute atomic E-state index is 0.0164. The van der Waals surface area contributed by atoms with E-state index in [9.17, 15) is 22.8 Å². The van der Waals surface area contributed by atoms with Gasteiger partial charge in [0.25, 0.3) is 0 Å². The third kappa shape index (κ3) is 3.32. The van der Waals surface area contributed by atoms with E-state index in [-0.39, 0.29) is 13.2 Å². The van der Waals surface area contributed by atoms with Crippen LogP contribution >= 0.6 is 11.3 Å². The molecule has 1 aliphatic heterocycles. The maximum atomic E-state index is 12.7. The van der Waals surface area contributed by atoms with Crippen LogP contribution in [0.5, 0.6) is 11.5 Å². The molecule has 10 heteroatoms. The second kappa shape index (κ2) is 6.45. The van der Waals surface area contributed by atoms with Crippen molar-refractivity contribution in [2.24, 2.45) is 0 Å². The molecular formula is C17H12F3NO5S. The number of carbonyl (C=O) groups is 2. The van der Waals surface area contributed by atoms with Crippen molar-refractivity contribution in [3.63, 3.8) is 0 Å². The summed E-state index contributed by atoms with van der Waals surface area (Å²) >= 11 is 1.19. The molecule has 0 bridgehead atoms. The summed E-state index contributed by atoms with van der Waals surface area (Å²) in [5.74, 6) is -1.86. The molecule has 0 radical (unpaired) electrons. The van der Waals surface area contributed by atoms with E-state index in [0.717, 1.165) is 0 Å². The molecule has 6 nitrogen and oxygen atoms in total. The number of amides is 1. The predicted octanol–water partition coefficient (Wildman–Crippen LogP) is 3.50. The highest BCUT2D eigenvalue weighted by Gasteiger charge is 2.43. The Morgan fingerprint density at radius 3 is 2.52 bits per heavy atom. The lowest BCUT2D eigenvalue weighted by Gasteiger charge is -2.16. The van der Waals surface area contributed by atoms with Gasteiger partial charge in [0.1, 0.15) is 11.0 Å². The molecule has 4 rings (SSSR count). The van der Waals surface area contributed by atoms with Gasteiger partial charge in [-0.25, -0.2) is 4.79 Å². The Labute approximate surface area is 154 Å². The SMILES string of the molecule is O=C(O[C@H]1C[C@@H](NC(=O)C(F)(F)F)c2cc3c(cc21)OCO3)c1cccs1. The van der Waals surface area contributed by atoms with Crippen LogP contribution in [0.3, 0.4) is 0 Å². The fourth-order valence-electron chi connectivity index (χ4n) is 3.09. The zero-order chi connectivity index (χ0) is 19.2. The molecule has 1 amide bonds. The first-order valence-corrected chi connectivity index (χ1v) is 8.76. The molecular weight excluding hydrogens is 387 g/mol. The molecule has 2 atom stereocenters. The van der Waals surface area contributed by atoms with Crippen molar-refractivity contribution in [2.75, 3.05) is 6.79 Å². The summed E-state index contributed by atoms with van der Waals surface area (Å²) in [6, 6.07) is 5.39. The topological polar surface area (TPSA) is 73.9 Å². The van der Waals surface area contributed by atoms with Gasteiger partial charge in [-0.2, -0.15) is 13.2 Å². The van der Waals surface area contributed by atoms with Crippen molar-refractivity contribution in [1.29, 1.82) is 0 Å². The smallest absolute Gasteiger partial charge is 0.454 e. The summed E-state index contributed by atoms with van der Waals surface area (Å²) in [6.07, 6.45) is -5.85. The number of ether oxygens (including phenoxy) is 3. The molecule has 1 aromatic heterocycles. The number of benzene rings is 1. The first kappa shape index (κ1) is 17.7. The van der Waals surface area contributed by atoms with Crippen LogP contribution in [0.15, 0.2) is 29.6 Å². The molecule has 0 saturated carbocycles. The van der Waals surface area contributed by atoms with Gasteiger partial charge in [0.05, 0.1) is 6.04 Å². The number of halogens is 3. The predicted molar refractivity (Wildman–Crippen MR) is 86.6 cm³/mol. The molecule has 0 unspecified atom stereocenters. The van der Waals surface area contributed by atoms with Gasteiger partial charge in [-0.3, -0.25) is 4.79 Å². The first-order valence-electron chi connectivity index (χ1n) is 7.88. The van der Waals surface area contributed by atoms with E-state index >= 15 is 0 Å². The maximum absolute atomic E-state index is 12.7. The molecule has 0 fully saturated rings. The number of alkyl halides is 3. The molecule has 0 saturated heterocycles. The second-order valence-electron chi connectivity index (χ2n) is 5.97. The standard InChI is InChI=1S/C17H12F3NO5S/c18-17(19,20)16(23)21-10-6-11(26-15(22)14-2-1-3-27-14)9-5-13-12(4-8(9)10)24-7-25-13/h1-5,10-11H,6-7H2,(H,21,23)/t10-,11+/m1/s1. The molecule has 1 aromatic carbocycles. The van der Waals surface area contributed by atoms with E-state index in [1.165, 1.54) is 17.4 Å². The fraction of sp³-hybridized carbons (Fsp3) is 0.294. The number of fused-ring (bicyclic) bond motifs is 2. The number of carbonyl (C=O) groups excluding carboxylic acids is 2. The van der Waals surface area contributed by atoms with Gasteiger partial charge in [-0.15, -0.1) is 11.3 Å². The first-order chi connectivity index (χ1) is 12.8. The molecule has 142 valence electrons. The van der Waals surface area contributed by atoms with Crippen LogP contribution in [0.4, 0.5) is 13.2 Å². The van der Waals surface area contributed by atoms with Crippen LogP contribution < -0.4 is 14.8 Å². The van der Waals surface area contributed by atoms with Gasteiger partial charge >= 0.3 is 18.1 Å². The van der Waals surface area contributed by atoms with Crippen molar-refractivity contribution < 1.29 is 37.0 Å². The highest BCUT2D eigenvalue weighted by atomic mass is 32.1. The lowest BCUT2D eigenvalue weighted by atomic mass is 10.1. The van der Waals surface area contributed by atoms with Gasteiger partial charge in [0, 0.05) is 12.0 Å². The summed E-state index contributed by atoms with van der Waals surface area (Å²) in [6.45, 7) is -0.0164. The Hall–Kier alpha value is -2.75. The van der Waals surface area contributed by atoms with E-state index in [0.29, 0.717) is 27.5 Å². The Morgan fingerprint density at radius 1 is 1.19 bits per heavy atom. The zero-order valence-corrected chi connectivity index (χ0v) is 14.4. The lowest BCUT2D eigenvalue weighted by Crippen LogP contribution is -2.38. The molecule has 0 spiro atoms. The Kier molecular flexibility index (Phi) is 4.22. The van der Waals surface area contributed by atoms with Gasteiger partial charge in [0.15, 0.2) is 11.5 Å². The third-order valence-electron chi connectivity index (χ3n) is 4.28. The molecule has 27 heavy (non-hydrogen) atoms. The van der Waals surface area contributed by atoms with Crippen molar-refractivity contribution in [3.05, 3.63) is 45.6 Å². The molecule has 2 heterocycles. The summed E-state index contributed by atoms with van der Waals surface area (Å²) in [7, 11) is 0. The van der Waals surface area contributed by atoms with Crippen molar-refractivity contribution in [1.82, 2.24) is 5.32 Å². The second-order valence-corrected chi connectivity index (χ2v) is 6.91. The largest absolute Gasteiger partial charge is 0.471 e. The highest BCUT2D eigenvalue weighted by molar-refractivity contribution is 7.11. The monoisotopic (exact) mass is 399 g/mol. The van der Waals surface area contributed by atoms with Crippen molar-refractivity contribution >= 4 is 23.2 Å². The number of esters is 1. The summed E-state index contributed by atoms with van der Waals surface area (Å²) < 4.78 is 54.0. The summed E-state index contributed by atoms with van der Waals surface area (Å²) in [5, 5.41) is 3.67. The number of rotatable bonds is 3. The minimum Gasteiger partial charge on any atom is -0.454 e. The number of nitrogens with one attached hydrogen (secondary N) is 1. The molecule has 2 aromatic rings. The summed E-state index contributed by atoms with van der Waals surface area (Å²) in [5.41, 5.74) is 0.887. The van der Waals surface area contributed by atoms with Crippen LogP contribution in [0.2, 0.25) is 0 Å². The summed E-state index contributed by atoms with van der Waals surface area (Å²) in [4.78, 5) is 24.0. The van der Waals surface area contributed by atoms with E-state index < -0.39 is 30.2 Å². The number of thiophene rings is 1. The minimum atomic E-state index is -5.01. The van der Waals surface area contributed by atoms with Gasteiger partial charge < -0.3 is 19.5 Å². The van der Waals surface area contributed by atoms with Crippen LogP contribution in [0, 0.1) is 0 Å². The molecule has 1 aliphatic carbocycles. The average molecular weight is 399 g/mol. The van der Waals surface area contributed by atoms with E-state index in [1.807, 2.05) is 5.32 Å². The Bertz CT molecular complexity index is 897. The highest BCUT2D eigenvalue weighted by Crippen LogP contribution is 2.47. The quantitative estimate of drug-likeness (QED) is 0.800. The van der Waals surface area contributed by atoms with E-state index in [1.54, 1.807) is 23.6 Å². The number of hydrogen-bond donors (Lipinski definition) is 1. The lowest BCUT2D eigenvalue weighted by molar-refractivity contribution is -0.174. The van der Waals surface area contributed by atoms with Crippen molar-refractivity contribution in [2.45, 2.75) is 24.7 Å². The van der Waals surface area contributed by atoms with Crippen LogP contribution in [0.25, 0.3) is 0 Å². The van der Waals surface area contributed by atoms with Gasteiger partial charge in [0.2, 0.25) is 6.79 Å². The molecule has 2 aliphatic rings. The fourth-order valence-corrected chi connectivity index (χ4v) is 3.70. The Balaban J connectivity index is 1.63. The van der Waals surface area contributed by atoms with Crippen molar-refractivity contribution in [3.8, 4) is 11.5 Å². The maximum Gasteiger partial charge on any atom is 0.471 e. The zero-order valence-electron chi connectivity index (χ0n) is 13.5. The average Bonchev–Trinajstić information content (AvgIpc) is 3.33.